The second-order valence-electron chi connectivity index (χ2n) is 11.5. The zero-order valence-electron chi connectivity index (χ0n) is 20.6. The molecule has 188 valence electrons. The van der Waals surface area contributed by atoms with Crippen LogP contribution in [0.25, 0.3) is 6.08 Å². The van der Waals surface area contributed by atoms with Crippen LogP contribution in [0.5, 0.6) is 11.5 Å². The summed E-state index contributed by atoms with van der Waals surface area (Å²) in [6, 6.07) is 7.34. The SMILES string of the molecule is CN(C(=O)/C=C/c1cccnc1)[C@H]1CC[C@@]2(O)[C@H]3Cc4ccc(O)c5c4[C@@]2(CCN3CC2CC2)[C@H]1O5. The Labute approximate surface area is 211 Å². The predicted octanol–water partition coefficient (Wildman–Crippen LogP) is 2.89. The molecular weight excluding hydrogens is 454 g/mol. The van der Waals surface area contributed by atoms with E-state index in [0.717, 1.165) is 43.0 Å². The molecule has 1 aromatic heterocycles. The number of ether oxygens (including phenoxy) is 1. The third-order valence-corrected chi connectivity index (χ3v) is 9.68. The lowest BCUT2D eigenvalue weighted by molar-refractivity contribution is -0.200. The van der Waals surface area contributed by atoms with E-state index in [9.17, 15) is 15.0 Å². The maximum absolute atomic E-state index is 13.3. The van der Waals surface area contributed by atoms with Crippen molar-refractivity contribution in [2.75, 3.05) is 20.1 Å². The van der Waals surface area contributed by atoms with Gasteiger partial charge in [-0.25, -0.2) is 0 Å². The maximum atomic E-state index is 13.3. The molecule has 3 aliphatic carbocycles. The molecular formula is C29H33N3O4. The fourth-order valence-corrected chi connectivity index (χ4v) is 7.78. The summed E-state index contributed by atoms with van der Waals surface area (Å²) < 4.78 is 6.59. The summed E-state index contributed by atoms with van der Waals surface area (Å²) in [6.07, 6.45) is 11.8. The lowest BCUT2D eigenvalue weighted by Crippen LogP contribution is -2.78. The first-order valence-electron chi connectivity index (χ1n) is 13.3. The van der Waals surface area contributed by atoms with Gasteiger partial charge in [-0.2, -0.15) is 0 Å². The van der Waals surface area contributed by atoms with Crippen molar-refractivity contribution in [3.63, 3.8) is 0 Å². The normalized spacial score (nSPS) is 34.3. The molecule has 36 heavy (non-hydrogen) atoms. The lowest BCUT2D eigenvalue weighted by Gasteiger charge is -2.64. The Morgan fingerprint density at radius 3 is 2.92 bits per heavy atom. The molecule has 2 bridgehead atoms. The highest BCUT2D eigenvalue weighted by Crippen LogP contribution is 2.66. The van der Waals surface area contributed by atoms with Gasteiger partial charge in [0.05, 0.1) is 17.1 Å². The van der Waals surface area contributed by atoms with E-state index in [1.165, 1.54) is 18.4 Å². The molecule has 1 aromatic carbocycles. The fourth-order valence-electron chi connectivity index (χ4n) is 7.78. The summed E-state index contributed by atoms with van der Waals surface area (Å²) in [4.78, 5) is 21.7. The number of rotatable bonds is 5. The van der Waals surface area contributed by atoms with Gasteiger partial charge in [0.15, 0.2) is 11.5 Å². The summed E-state index contributed by atoms with van der Waals surface area (Å²) in [6.45, 7) is 1.96. The summed E-state index contributed by atoms with van der Waals surface area (Å²) in [5.74, 6) is 1.29. The van der Waals surface area contributed by atoms with Crippen molar-refractivity contribution < 1.29 is 19.7 Å². The Bertz CT molecular complexity index is 1240. The van der Waals surface area contributed by atoms with Crippen molar-refractivity contribution in [3.05, 3.63) is 59.4 Å². The van der Waals surface area contributed by atoms with Crippen LogP contribution in [0.15, 0.2) is 42.7 Å². The Hall–Kier alpha value is -2.90. The van der Waals surface area contributed by atoms with Gasteiger partial charge in [0, 0.05) is 43.7 Å². The lowest BCUT2D eigenvalue weighted by atomic mass is 9.48. The average molecular weight is 488 g/mol. The first-order valence-corrected chi connectivity index (χ1v) is 13.3. The molecule has 7 nitrogen and oxygen atoms in total. The second-order valence-corrected chi connectivity index (χ2v) is 11.5. The smallest absolute Gasteiger partial charge is 0.246 e. The maximum Gasteiger partial charge on any atom is 0.246 e. The Kier molecular flexibility index (Phi) is 4.83. The molecule has 5 atom stereocenters. The zero-order chi connectivity index (χ0) is 24.7. The van der Waals surface area contributed by atoms with E-state index in [-0.39, 0.29) is 23.7 Å². The highest BCUT2D eigenvalue weighted by molar-refractivity contribution is 5.92. The number of hydrogen-bond donors (Lipinski definition) is 2. The molecule has 2 aromatic rings. The minimum atomic E-state index is -0.942. The number of benzene rings is 1. The van der Waals surface area contributed by atoms with E-state index in [0.29, 0.717) is 18.6 Å². The van der Waals surface area contributed by atoms with Crippen molar-refractivity contribution >= 4 is 12.0 Å². The monoisotopic (exact) mass is 487 g/mol. The van der Waals surface area contributed by atoms with Crippen LogP contribution >= 0.6 is 0 Å². The minimum Gasteiger partial charge on any atom is -0.504 e. The zero-order valence-corrected chi connectivity index (χ0v) is 20.6. The molecule has 0 radical (unpaired) electrons. The predicted molar refractivity (Wildman–Crippen MR) is 135 cm³/mol. The number of likely N-dealkylation sites (N-methyl/N-ethyl adjacent to an activating group) is 1. The number of carbonyl (C=O) groups excluding carboxylic acids is 1. The summed E-state index contributed by atoms with van der Waals surface area (Å²) in [7, 11) is 1.83. The number of phenolic OH excluding ortho intramolecular Hbond substituents is 1. The van der Waals surface area contributed by atoms with E-state index < -0.39 is 17.1 Å². The van der Waals surface area contributed by atoms with Gasteiger partial charge >= 0.3 is 0 Å². The van der Waals surface area contributed by atoms with Crippen molar-refractivity contribution in [2.24, 2.45) is 5.92 Å². The van der Waals surface area contributed by atoms with Gasteiger partial charge in [0.1, 0.15) is 6.10 Å². The second kappa shape index (κ2) is 7.80. The number of nitrogens with zero attached hydrogens (tertiary/aromatic N) is 3. The highest BCUT2D eigenvalue weighted by atomic mass is 16.5. The largest absolute Gasteiger partial charge is 0.504 e. The van der Waals surface area contributed by atoms with Gasteiger partial charge in [-0.15, -0.1) is 0 Å². The van der Waals surface area contributed by atoms with Crippen LogP contribution in [0.4, 0.5) is 0 Å². The van der Waals surface area contributed by atoms with Crippen LogP contribution in [0, 0.1) is 5.92 Å². The van der Waals surface area contributed by atoms with Gasteiger partial charge < -0.3 is 19.8 Å². The number of piperidine rings is 1. The number of amides is 1. The Balaban J connectivity index is 1.26. The molecule has 2 N–H and O–H groups in total. The molecule has 3 fully saturated rings. The molecule has 7 heteroatoms. The van der Waals surface area contributed by atoms with E-state index in [1.54, 1.807) is 35.5 Å². The first kappa shape index (κ1) is 22.3. The van der Waals surface area contributed by atoms with E-state index in [1.807, 2.05) is 25.2 Å². The first-order chi connectivity index (χ1) is 17.4. The van der Waals surface area contributed by atoms with Crippen LogP contribution in [0.1, 0.15) is 48.8 Å². The van der Waals surface area contributed by atoms with E-state index >= 15 is 0 Å². The van der Waals surface area contributed by atoms with Crippen molar-refractivity contribution in [1.82, 2.24) is 14.8 Å². The van der Waals surface area contributed by atoms with Crippen LogP contribution in [-0.2, 0) is 16.6 Å². The van der Waals surface area contributed by atoms with Crippen LogP contribution in [0.3, 0.4) is 0 Å². The number of likely N-dealkylation sites (tertiary alicyclic amines) is 1. The average Bonchev–Trinajstić information content (AvgIpc) is 3.63. The van der Waals surface area contributed by atoms with Crippen LogP contribution < -0.4 is 4.74 Å². The highest BCUT2D eigenvalue weighted by Gasteiger charge is 2.73. The number of aromatic hydroxyl groups is 1. The van der Waals surface area contributed by atoms with E-state index in [4.69, 9.17) is 4.74 Å². The number of aromatic nitrogens is 1. The topological polar surface area (TPSA) is 86.1 Å². The van der Waals surface area contributed by atoms with Gasteiger partial charge in [-0.3, -0.25) is 14.7 Å². The van der Waals surface area contributed by atoms with Crippen LogP contribution in [0.2, 0.25) is 0 Å². The minimum absolute atomic E-state index is 0.0355. The van der Waals surface area contributed by atoms with E-state index in [2.05, 4.69) is 9.88 Å². The summed E-state index contributed by atoms with van der Waals surface area (Å²) >= 11 is 0. The molecule has 1 amide bonds. The summed E-state index contributed by atoms with van der Waals surface area (Å²) in [5, 5.41) is 23.4. The molecule has 2 aliphatic heterocycles. The molecule has 1 saturated heterocycles. The number of aliphatic hydroxyl groups is 1. The number of pyridine rings is 1. The molecule has 7 rings (SSSR count). The van der Waals surface area contributed by atoms with Gasteiger partial charge in [-0.1, -0.05) is 12.1 Å². The summed E-state index contributed by atoms with van der Waals surface area (Å²) in [5.41, 5.74) is 1.47. The number of hydrogen-bond acceptors (Lipinski definition) is 6. The fraction of sp³-hybridized carbons (Fsp3) is 0.517. The molecule has 5 aliphatic rings. The third kappa shape index (κ3) is 2.99. The molecule has 2 saturated carbocycles. The van der Waals surface area contributed by atoms with Crippen LogP contribution in [-0.4, -0.2) is 74.8 Å². The molecule has 3 heterocycles. The van der Waals surface area contributed by atoms with Gasteiger partial charge in [-0.05, 0) is 80.3 Å². The molecule has 1 spiro atoms. The quantitative estimate of drug-likeness (QED) is 0.631. The van der Waals surface area contributed by atoms with Gasteiger partial charge in [0.2, 0.25) is 5.91 Å². The van der Waals surface area contributed by atoms with Crippen molar-refractivity contribution in [1.29, 1.82) is 0 Å². The number of carbonyl (C=O) groups is 1. The van der Waals surface area contributed by atoms with Crippen molar-refractivity contribution in [2.45, 2.75) is 67.7 Å². The Morgan fingerprint density at radius 2 is 2.14 bits per heavy atom. The Morgan fingerprint density at radius 1 is 1.28 bits per heavy atom. The molecule has 0 unspecified atom stereocenters. The standard InChI is InChI=1S/C29H33N3O4/c1-31(24(34)9-6-18-3-2-13-30-16-18)21-10-11-29(35)23-15-20-7-8-22(33)26-25(20)28(29,27(21)36-26)12-14-32(23)17-19-4-5-19/h2-3,6-9,13,16,19,21,23,27,33,35H,4-5,10-12,14-15,17H2,1H3/b9-6+/t21-,23+,27-,28-,29+/m0/s1. The van der Waals surface area contributed by atoms with Crippen molar-refractivity contribution in [3.8, 4) is 11.5 Å². The number of phenols is 1. The van der Waals surface area contributed by atoms with Gasteiger partial charge in [0.25, 0.3) is 0 Å². The third-order valence-electron chi connectivity index (χ3n) is 9.68.